The molecule has 2 aromatic rings. The van der Waals surface area contributed by atoms with Crippen molar-refractivity contribution >= 4 is 23.6 Å². The molecule has 8 heteroatoms. The van der Waals surface area contributed by atoms with Crippen LogP contribution in [0.5, 0.6) is 11.5 Å². The lowest BCUT2D eigenvalue weighted by Crippen LogP contribution is -2.43. The van der Waals surface area contributed by atoms with Gasteiger partial charge in [-0.25, -0.2) is 0 Å². The lowest BCUT2D eigenvalue weighted by molar-refractivity contribution is -0.137. The van der Waals surface area contributed by atoms with Crippen molar-refractivity contribution in [1.82, 2.24) is 4.90 Å². The molecule has 0 atom stereocenters. The zero-order chi connectivity index (χ0) is 23.6. The van der Waals surface area contributed by atoms with E-state index in [0.29, 0.717) is 55.7 Å². The maximum atomic E-state index is 12.5. The number of hydrogen-bond acceptors (Lipinski definition) is 6. The molecule has 0 aliphatic carbocycles. The van der Waals surface area contributed by atoms with E-state index in [0.717, 1.165) is 5.56 Å². The normalized spacial score (nSPS) is 13.7. The number of carbonyl (C=O) groups excluding carboxylic acids is 2. The number of hydrogen-bond donors (Lipinski definition) is 1. The summed E-state index contributed by atoms with van der Waals surface area (Å²) in [6.45, 7) is 6.20. The van der Waals surface area contributed by atoms with Crippen LogP contribution in [0.2, 0.25) is 0 Å². The molecule has 1 N–H and O–H groups in total. The number of nitriles is 1. The van der Waals surface area contributed by atoms with Crippen molar-refractivity contribution in [2.45, 2.75) is 13.8 Å². The predicted octanol–water partition coefficient (Wildman–Crippen LogP) is 3.18. The number of ether oxygens (including phenoxy) is 3. The number of benzene rings is 2. The van der Waals surface area contributed by atoms with Gasteiger partial charge in [0.15, 0.2) is 18.1 Å². The van der Waals surface area contributed by atoms with E-state index >= 15 is 0 Å². The third-order valence-electron chi connectivity index (χ3n) is 4.97. The number of morpholine rings is 1. The summed E-state index contributed by atoms with van der Waals surface area (Å²) in [6, 6.07) is 14.3. The van der Waals surface area contributed by atoms with E-state index in [1.54, 1.807) is 35.2 Å². The van der Waals surface area contributed by atoms with Gasteiger partial charge in [-0.1, -0.05) is 23.8 Å². The number of aryl methyl sites for hydroxylation is 1. The molecular formula is C25H27N3O5. The molecule has 1 heterocycles. The molecule has 0 bridgehead atoms. The summed E-state index contributed by atoms with van der Waals surface area (Å²) < 4.78 is 16.6. The molecule has 0 radical (unpaired) electrons. The maximum Gasteiger partial charge on any atom is 0.266 e. The molecule has 8 nitrogen and oxygen atoms in total. The molecule has 1 aliphatic heterocycles. The Morgan fingerprint density at radius 2 is 1.85 bits per heavy atom. The molecule has 1 aliphatic rings. The Balaban J connectivity index is 1.71. The van der Waals surface area contributed by atoms with Crippen molar-refractivity contribution < 1.29 is 23.8 Å². The lowest BCUT2D eigenvalue weighted by atomic mass is 10.1. The first-order valence-electron chi connectivity index (χ1n) is 10.7. The topological polar surface area (TPSA) is 101 Å². The van der Waals surface area contributed by atoms with Crippen LogP contribution in [0.4, 0.5) is 5.69 Å². The molecular weight excluding hydrogens is 422 g/mol. The number of carbonyl (C=O) groups is 2. The van der Waals surface area contributed by atoms with Crippen LogP contribution in [0.25, 0.3) is 6.08 Å². The second kappa shape index (κ2) is 11.7. The molecule has 2 amide bonds. The standard InChI is InChI=1S/C25H27N3O5/c1-3-32-23-15-19(6-9-22(23)33-17-24(29)28-10-12-31-13-11-28)14-20(16-26)25(30)27-21-7-4-18(2)5-8-21/h4-9,14-15H,3,10-13,17H2,1-2H3,(H,27,30)/b20-14-. The van der Waals surface area contributed by atoms with Crippen LogP contribution < -0.4 is 14.8 Å². The molecule has 0 unspecified atom stereocenters. The molecule has 1 saturated heterocycles. The maximum absolute atomic E-state index is 12.5. The summed E-state index contributed by atoms with van der Waals surface area (Å²) in [6.07, 6.45) is 1.48. The molecule has 172 valence electrons. The van der Waals surface area contributed by atoms with Gasteiger partial charge in [-0.05, 0) is 49.8 Å². The van der Waals surface area contributed by atoms with Crippen LogP contribution in [-0.4, -0.2) is 56.2 Å². The second-order valence-electron chi connectivity index (χ2n) is 7.41. The van der Waals surface area contributed by atoms with Gasteiger partial charge in [-0.15, -0.1) is 0 Å². The van der Waals surface area contributed by atoms with Gasteiger partial charge in [0.2, 0.25) is 0 Å². The highest BCUT2D eigenvalue weighted by atomic mass is 16.5. The fraction of sp³-hybridized carbons (Fsp3) is 0.320. The van der Waals surface area contributed by atoms with E-state index in [2.05, 4.69) is 5.32 Å². The largest absolute Gasteiger partial charge is 0.490 e. The fourth-order valence-electron chi connectivity index (χ4n) is 3.20. The van der Waals surface area contributed by atoms with Crippen LogP contribution in [0, 0.1) is 18.3 Å². The van der Waals surface area contributed by atoms with Gasteiger partial charge in [0.05, 0.1) is 19.8 Å². The molecule has 0 aromatic heterocycles. The third-order valence-corrected chi connectivity index (χ3v) is 4.97. The molecule has 33 heavy (non-hydrogen) atoms. The Hall–Kier alpha value is -3.83. The van der Waals surface area contributed by atoms with Crippen LogP contribution >= 0.6 is 0 Å². The van der Waals surface area contributed by atoms with Crippen LogP contribution in [0.1, 0.15) is 18.1 Å². The SMILES string of the molecule is CCOc1cc(/C=C(/C#N)C(=O)Nc2ccc(C)cc2)ccc1OCC(=O)N1CCOCC1. The van der Waals surface area contributed by atoms with E-state index in [1.807, 2.05) is 32.0 Å². The minimum Gasteiger partial charge on any atom is -0.490 e. The third kappa shape index (κ3) is 6.82. The predicted molar refractivity (Wildman–Crippen MR) is 124 cm³/mol. The first-order chi connectivity index (χ1) is 16.0. The number of rotatable bonds is 8. The summed E-state index contributed by atoms with van der Waals surface area (Å²) >= 11 is 0. The monoisotopic (exact) mass is 449 g/mol. The van der Waals surface area contributed by atoms with E-state index in [4.69, 9.17) is 14.2 Å². The van der Waals surface area contributed by atoms with Gasteiger partial charge in [-0.2, -0.15) is 5.26 Å². The summed E-state index contributed by atoms with van der Waals surface area (Å²) in [5, 5.41) is 12.2. The van der Waals surface area contributed by atoms with Crippen molar-refractivity contribution in [1.29, 1.82) is 5.26 Å². The van der Waals surface area contributed by atoms with Gasteiger partial charge >= 0.3 is 0 Å². The smallest absolute Gasteiger partial charge is 0.266 e. The number of anilines is 1. The number of nitrogens with zero attached hydrogens (tertiary/aromatic N) is 2. The van der Waals surface area contributed by atoms with Crippen molar-refractivity contribution in [3.05, 3.63) is 59.2 Å². The Kier molecular flexibility index (Phi) is 8.44. The minimum absolute atomic E-state index is 0.0470. The number of amides is 2. The van der Waals surface area contributed by atoms with Gasteiger partial charge < -0.3 is 24.4 Å². The first-order valence-corrected chi connectivity index (χ1v) is 10.7. The Labute approximate surface area is 193 Å². The second-order valence-corrected chi connectivity index (χ2v) is 7.41. The van der Waals surface area contributed by atoms with E-state index in [9.17, 15) is 14.9 Å². The fourth-order valence-corrected chi connectivity index (χ4v) is 3.20. The van der Waals surface area contributed by atoms with Gasteiger partial charge in [0, 0.05) is 18.8 Å². The van der Waals surface area contributed by atoms with E-state index in [1.165, 1.54) is 6.08 Å². The first kappa shape index (κ1) is 23.8. The van der Waals surface area contributed by atoms with E-state index in [-0.39, 0.29) is 18.1 Å². The Morgan fingerprint density at radius 1 is 1.12 bits per heavy atom. The molecule has 0 saturated carbocycles. The number of nitrogens with one attached hydrogen (secondary N) is 1. The molecule has 0 spiro atoms. The zero-order valence-electron chi connectivity index (χ0n) is 18.8. The highest BCUT2D eigenvalue weighted by Gasteiger charge is 2.18. The van der Waals surface area contributed by atoms with Gasteiger partial charge in [0.25, 0.3) is 11.8 Å². The van der Waals surface area contributed by atoms with Crippen molar-refractivity contribution in [2.75, 3.05) is 44.8 Å². The minimum atomic E-state index is -0.504. The van der Waals surface area contributed by atoms with Crippen molar-refractivity contribution in [3.8, 4) is 17.6 Å². The quantitative estimate of drug-likeness (QED) is 0.491. The highest BCUT2D eigenvalue weighted by molar-refractivity contribution is 6.09. The van der Waals surface area contributed by atoms with Gasteiger partial charge in [-0.3, -0.25) is 9.59 Å². The van der Waals surface area contributed by atoms with Gasteiger partial charge in [0.1, 0.15) is 11.6 Å². The molecule has 1 fully saturated rings. The van der Waals surface area contributed by atoms with E-state index < -0.39 is 5.91 Å². The summed E-state index contributed by atoms with van der Waals surface area (Å²) in [5.74, 6) is 0.218. The molecule has 2 aromatic carbocycles. The van der Waals surface area contributed by atoms with Crippen LogP contribution in [0.3, 0.4) is 0 Å². The van der Waals surface area contributed by atoms with Crippen LogP contribution in [0.15, 0.2) is 48.0 Å². The highest BCUT2D eigenvalue weighted by Crippen LogP contribution is 2.29. The Bertz CT molecular complexity index is 1050. The molecule has 3 rings (SSSR count). The average Bonchev–Trinajstić information content (AvgIpc) is 2.84. The summed E-state index contributed by atoms with van der Waals surface area (Å²) in [4.78, 5) is 26.6. The summed E-state index contributed by atoms with van der Waals surface area (Å²) in [5.41, 5.74) is 2.23. The summed E-state index contributed by atoms with van der Waals surface area (Å²) in [7, 11) is 0. The lowest BCUT2D eigenvalue weighted by Gasteiger charge is -2.26. The van der Waals surface area contributed by atoms with Crippen molar-refractivity contribution in [3.63, 3.8) is 0 Å². The Morgan fingerprint density at radius 3 is 2.52 bits per heavy atom. The van der Waals surface area contributed by atoms with Crippen LogP contribution in [-0.2, 0) is 14.3 Å². The zero-order valence-corrected chi connectivity index (χ0v) is 18.8. The average molecular weight is 450 g/mol. The van der Waals surface area contributed by atoms with Crippen molar-refractivity contribution in [2.24, 2.45) is 0 Å².